The highest BCUT2D eigenvalue weighted by atomic mass is 16.3. The van der Waals surface area contributed by atoms with Gasteiger partial charge >= 0.3 is 0 Å². The zero-order chi connectivity index (χ0) is 9.68. The lowest BCUT2D eigenvalue weighted by atomic mass is 10.0. The summed E-state index contributed by atoms with van der Waals surface area (Å²) in [7, 11) is 0. The Hall–Kier alpha value is -1.05. The summed E-state index contributed by atoms with van der Waals surface area (Å²) in [6, 6.07) is 3.47. The molecule has 72 valence electrons. The molecule has 0 aliphatic heterocycles. The number of Topliss-reactive ketones (excluding diaryl/α,β-unsaturated/α-hetero) is 1. The molecule has 0 saturated heterocycles. The van der Waals surface area contributed by atoms with Crippen molar-refractivity contribution < 1.29 is 9.21 Å². The van der Waals surface area contributed by atoms with Gasteiger partial charge in [-0.2, -0.15) is 0 Å². The topological polar surface area (TPSA) is 30.2 Å². The summed E-state index contributed by atoms with van der Waals surface area (Å²) in [5, 5.41) is 0. The Bertz CT molecular complexity index is 249. The number of rotatable bonds is 5. The third-order valence-electron chi connectivity index (χ3n) is 2.36. The minimum atomic E-state index is 0.116. The van der Waals surface area contributed by atoms with Gasteiger partial charge in [-0.1, -0.05) is 20.3 Å². The first kappa shape index (κ1) is 10.0. The quantitative estimate of drug-likeness (QED) is 0.651. The zero-order valence-electron chi connectivity index (χ0n) is 8.25. The van der Waals surface area contributed by atoms with Gasteiger partial charge in [0.15, 0.2) is 11.5 Å². The van der Waals surface area contributed by atoms with E-state index in [4.69, 9.17) is 4.42 Å². The molecule has 0 saturated carbocycles. The molecule has 0 spiro atoms. The van der Waals surface area contributed by atoms with Crippen LogP contribution in [0.1, 0.15) is 43.7 Å². The molecule has 2 nitrogen and oxygen atoms in total. The lowest BCUT2D eigenvalue weighted by Gasteiger charge is -2.05. The van der Waals surface area contributed by atoms with Crippen LogP contribution in [0.3, 0.4) is 0 Å². The van der Waals surface area contributed by atoms with E-state index in [0.29, 0.717) is 18.1 Å². The molecule has 0 aliphatic rings. The molecule has 1 atom stereocenters. The molecular weight excluding hydrogens is 164 g/mol. The Balaban J connectivity index is 2.35. The van der Waals surface area contributed by atoms with Crippen LogP contribution in [0.4, 0.5) is 0 Å². The van der Waals surface area contributed by atoms with Crippen LogP contribution in [0.5, 0.6) is 0 Å². The van der Waals surface area contributed by atoms with E-state index >= 15 is 0 Å². The predicted octanol–water partition coefficient (Wildman–Crippen LogP) is 3.29. The van der Waals surface area contributed by atoms with E-state index in [9.17, 15) is 4.79 Å². The Kier molecular flexibility index (Phi) is 3.74. The van der Waals surface area contributed by atoms with Gasteiger partial charge in [0.1, 0.15) is 0 Å². The van der Waals surface area contributed by atoms with Crippen molar-refractivity contribution in [1.29, 1.82) is 0 Å². The summed E-state index contributed by atoms with van der Waals surface area (Å²) in [5.41, 5.74) is 0. The van der Waals surface area contributed by atoms with Crippen molar-refractivity contribution in [3.63, 3.8) is 0 Å². The van der Waals surface area contributed by atoms with Crippen LogP contribution in [0.15, 0.2) is 22.8 Å². The third-order valence-corrected chi connectivity index (χ3v) is 2.36. The minimum Gasteiger partial charge on any atom is -0.461 e. The Morgan fingerprint density at radius 2 is 2.38 bits per heavy atom. The number of carbonyl (C=O) groups is 1. The van der Waals surface area contributed by atoms with Gasteiger partial charge in [0.2, 0.25) is 0 Å². The fraction of sp³-hybridized carbons (Fsp3) is 0.545. The maximum absolute atomic E-state index is 11.4. The van der Waals surface area contributed by atoms with Crippen LogP contribution >= 0.6 is 0 Å². The number of furan rings is 1. The van der Waals surface area contributed by atoms with Crippen molar-refractivity contribution in [2.24, 2.45) is 5.92 Å². The van der Waals surface area contributed by atoms with Crippen LogP contribution in [0.25, 0.3) is 0 Å². The molecule has 1 heterocycles. The Morgan fingerprint density at radius 1 is 1.62 bits per heavy atom. The van der Waals surface area contributed by atoms with Gasteiger partial charge in [0.25, 0.3) is 0 Å². The maximum atomic E-state index is 11.4. The van der Waals surface area contributed by atoms with Crippen molar-refractivity contribution in [1.82, 2.24) is 0 Å². The molecule has 1 aromatic heterocycles. The molecule has 0 aromatic carbocycles. The van der Waals surface area contributed by atoms with Crippen molar-refractivity contribution in [2.45, 2.75) is 33.1 Å². The van der Waals surface area contributed by atoms with E-state index in [2.05, 4.69) is 13.8 Å². The summed E-state index contributed by atoms with van der Waals surface area (Å²) in [4.78, 5) is 11.4. The molecule has 0 N–H and O–H groups in total. The molecule has 13 heavy (non-hydrogen) atoms. The smallest absolute Gasteiger partial charge is 0.197 e. The summed E-state index contributed by atoms with van der Waals surface area (Å²) in [5.74, 6) is 1.23. The minimum absolute atomic E-state index is 0.116. The van der Waals surface area contributed by atoms with E-state index in [1.807, 2.05) is 0 Å². The monoisotopic (exact) mass is 180 g/mol. The molecule has 0 fully saturated rings. The van der Waals surface area contributed by atoms with Crippen LogP contribution in [0.2, 0.25) is 0 Å². The second-order valence-corrected chi connectivity index (χ2v) is 3.45. The van der Waals surface area contributed by atoms with Gasteiger partial charge in [-0.25, -0.2) is 0 Å². The van der Waals surface area contributed by atoms with Crippen LogP contribution < -0.4 is 0 Å². The largest absolute Gasteiger partial charge is 0.461 e. The van der Waals surface area contributed by atoms with Gasteiger partial charge in [0.05, 0.1) is 6.26 Å². The van der Waals surface area contributed by atoms with Crippen molar-refractivity contribution in [3.05, 3.63) is 24.2 Å². The highest BCUT2D eigenvalue weighted by molar-refractivity contribution is 5.93. The first-order valence-corrected chi connectivity index (χ1v) is 4.80. The molecule has 1 rings (SSSR count). The fourth-order valence-electron chi connectivity index (χ4n) is 1.14. The lowest BCUT2D eigenvalue weighted by molar-refractivity contribution is 0.0947. The molecule has 0 aliphatic carbocycles. The van der Waals surface area contributed by atoms with Crippen molar-refractivity contribution in [3.8, 4) is 0 Å². The SMILES string of the molecule is CCC(C)CCC(=O)c1ccco1. The van der Waals surface area contributed by atoms with Gasteiger partial charge in [-0.05, 0) is 24.5 Å². The standard InChI is InChI=1S/C11H16O2/c1-3-9(2)6-7-10(12)11-5-4-8-13-11/h4-5,8-9H,3,6-7H2,1-2H3. The van der Waals surface area contributed by atoms with E-state index < -0.39 is 0 Å². The molecule has 1 aromatic rings. The second-order valence-electron chi connectivity index (χ2n) is 3.45. The van der Waals surface area contributed by atoms with Crippen LogP contribution in [0, 0.1) is 5.92 Å². The van der Waals surface area contributed by atoms with E-state index in [1.54, 1.807) is 12.1 Å². The van der Waals surface area contributed by atoms with Gasteiger partial charge in [-0.15, -0.1) is 0 Å². The first-order chi connectivity index (χ1) is 6.24. The number of hydrogen-bond acceptors (Lipinski definition) is 2. The van der Waals surface area contributed by atoms with Crippen LogP contribution in [-0.2, 0) is 0 Å². The molecule has 0 radical (unpaired) electrons. The van der Waals surface area contributed by atoms with Gasteiger partial charge < -0.3 is 4.42 Å². The summed E-state index contributed by atoms with van der Waals surface area (Å²) in [6.07, 6.45) is 4.22. The fourth-order valence-corrected chi connectivity index (χ4v) is 1.14. The molecule has 2 heteroatoms. The Morgan fingerprint density at radius 3 is 2.92 bits per heavy atom. The average Bonchev–Trinajstić information content (AvgIpc) is 2.66. The second kappa shape index (κ2) is 4.85. The van der Waals surface area contributed by atoms with Gasteiger partial charge in [-0.3, -0.25) is 4.79 Å². The average molecular weight is 180 g/mol. The van der Waals surface area contributed by atoms with Crippen molar-refractivity contribution in [2.75, 3.05) is 0 Å². The van der Waals surface area contributed by atoms with Crippen LogP contribution in [-0.4, -0.2) is 5.78 Å². The van der Waals surface area contributed by atoms with E-state index in [-0.39, 0.29) is 5.78 Å². The number of carbonyl (C=O) groups excluding carboxylic acids is 1. The molecule has 0 bridgehead atoms. The zero-order valence-corrected chi connectivity index (χ0v) is 8.25. The number of hydrogen-bond donors (Lipinski definition) is 0. The lowest BCUT2D eigenvalue weighted by Crippen LogP contribution is -2.01. The normalized spacial score (nSPS) is 12.8. The third kappa shape index (κ3) is 3.05. The maximum Gasteiger partial charge on any atom is 0.197 e. The molecule has 0 amide bonds. The Labute approximate surface area is 78.9 Å². The summed E-state index contributed by atoms with van der Waals surface area (Å²) < 4.78 is 5.01. The van der Waals surface area contributed by atoms with E-state index in [0.717, 1.165) is 12.8 Å². The molecular formula is C11H16O2. The van der Waals surface area contributed by atoms with E-state index in [1.165, 1.54) is 6.26 Å². The molecule has 1 unspecified atom stereocenters. The summed E-state index contributed by atoms with van der Waals surface area (Å²) in [6.45, 7) is 4.30. The predicted molar refractivity (Wildman–Crippen MR) is 51.7 cm³/mol. The van der Waals surface area contributed by atoms with Gasteiger partial charge in [0, 0.05) is 6.42 Å². The highest BCUT2D eigenvalue weighted by Crippen LogP contribution is 2.13. The first-order valence-electron chi connectivity index (χ1n) is 4.80. The highest BCUT2D eigenvalue weighted by Gasteiger charge is 2.09. The van der Waals surface area contributed by atoms with Crippen molar-refractivity contribution >= 4 is 5.78 Å². The summed E-state index contributed by atoms with van der Waals surface area (Å²) >= 11 is 0. The number of ketones is 1.